The standard InChI is InChI=1S/C4H9N3/c5-3-4-6-1-2-7-4/h3-7H,1-2H2. The molecule has 3 heteroatoms. The minimum Gasteiger partial charge on any atom is -0.310 e. The second-order valence-corrected chi connectivity index (χ2v) is 1.55. The number of nitrogens with one attached hydrogen (secondary N) is 3. The first-order valence-corrected chi connectivity index (χ1v) is 2.41. The quantitative estimate of drug-likeness (QED) is 0.375. The highest BCUT2D eigenvalue weighted by atomic mass is 15.2. The molecule has 0 amide bonds. The lowest BCUT2D eigenvalue weighted by Crippen LogP contribution is -2.31. The molecule has 3 nitrogen and oxygen atoms in total. The average molecular weight is 99.1 g/mol. The lowest BCUT2D eigenvalue weighted by atomic mass is 10.6. The summed E-state index contributed by atoms with van der Waals surface area (Å²) in [4.78, 5) is 0. The molecule has 1 aliphatic rings. The van der Waals surface area contributed by atoms with Crippen molar-refractivity contribution in [3.8, 4) is 0 Å². The first-order chi connectivity index (χ1) is 3.43. The molecule has 1 fully saturated rings. The maximum atomic E-state index is 6.75. The van der Waals surface area contributed by atoms with E-state index in [9.17, 15) is 0 Å². The van der Waals surface area contributed by atoms with E-state index in [1.54, 1.807) is 0 Å². The van der Waals surface area contributed by atoms with Crippen LogP contribution in [-0.4, -0.2) is 25.5 Å². The van der Waals surface area contributed by atoms with E-state index in [1.807, 2.05) is 0 Å². The summed E-state index contributed by atoms with van der Waals surface area (Å²) in [6.45, 7) is 1.97. The normalized spacial score (nSPS) is 22.9. The Bertz CT molecular complexity index is 65.3. The summed E-state index contributed by atoms with van der Waals surface area (Å²) < 4.78 is 0. The summed E-state index contributed by atoms with van der Waals surface area (Å²) >= 11 is 0. The fourth-order valence-electron chi connectivity index (χ4n) is 0.645. The van der Waals surface area contributed by atoms with Gasteiger partial charge in [0.1, 0.15) is 0 Å². The Morgan fingerprint density at radius 1 is 1.43 bits per heavy atom. The van der Waals surface area contributed by atoms with Crippen LogP contribution >= 0.6 is 0 Å². The van der Waals surface area contributed by atoms with Crippen molar-refractivity contribution in [2.45, 2.75) is 6.17 Å². The topological polar surface area (TPSA) is 47.9 Å². The number of hydrogen-bond acceptors (Lipinski definition) is 3. The van der Waals surface area contributed by atoms with E-state index in [-0.39, 0.29) is 6.17 Å². The van der Waals surface area contributed by atoms with Crippen LogP contribution in [-0.2, 0) is 0 Å². The van der Waals surface area contributed by atoms with Crippen molar-refractivity contribution in [2.24, 2.45) is 0 Å². The zero-order valence-corrected chi connectivity index (χ0v) is 4.07. The van der Waals surface area contributed by atoms with Crippen molar-refractivity contribution in [2.75, 3.05) is 13.1 Å². The van der Waals surface area contributed by atoms with Gasteiger partial charge in [-0.05, 0) is 0 Å². The Balaban J connectivity index is 2.26. The minimum atomic E-state index is 0.139. The van der Waals surface area contributed by atoms with Crippen molar-refractivity contribution in [1.29, 1.82) is 5.41 Å². The largest absolute Gasteiger partial charge is 0.310 e. The molecular weight excluding hydrogens is 90.1 g/mol. The molecule has 0 atom stereocenters. The monoisotopic (exact) mass is 99.1 g/mol. The molecule has 0 aromatic rings. The highest BCUT2D eigenvalue weighted by Crippen LogP contribution is 1.77. The molecule has 0 aromatic carbocycles. The Kier molecular flexibility index (Phi) is 1.38. The molecule has 40 valence electrons. The molecule has 0 spiro atoms. The highest BCUT2D eigenvalue weighted by molar-refractivity contribution is 5.60. The molecule has 0 bridgehead atoms. The van der Waals surface area contributed by atoms with Gasteiger partial charge >= 0.3 is 0 Å². The second kappa shape index (κ2) is 2.04. The van der Waals surface area contributed by atoms with Crippen LogP contribution in [0.2, 0.25) is 0 Å². The molecule has 0 unspecified atom stereocenters. The lowest BCUT2D eigenvalue weighted by molar-refractivity contribution is 0.709. The minimum absolute atomic E-state index is 0.139. The van der Waals surface area contributed by atoms with E-state index >= 15 is 0 Å². The van der Waals surface area contributed by atoms with Gasteiger partial charge in [0.2, 0.25) is 0 Å². The Morgan fingerprint density at radius 3 is 2.29 bits per heavy atom. The predicted octanol–water partition coefficient (Wildman–Crippen LogP) is -0.845. The molecule has 0 radical (unpaired) electrons. The van der Waals surface area contributed by atoms with Crippen LogP contribution in [0.5, 0.6) is 0 Å². The molecule has 0 aromatic heterocycles. The van der Waals surface area contributed by atoms with Crippen LogP contribution in [0.25, 0.3) is 0 Å². The molecule has 1 rings (SSSR count). The number of hydrogen-bond donors (Lipinski definition) is 3. The maximum Gasteiger partial charge on any atom is 0.0933 e. The summed E-state index contributed by atoms with van der Waals surface area (Å²) in [6.07, 6.45) is 1.51. The maximum absolute atomic E-state index is 6.75. The third kappa shape index (κ3) is 0.976. The summed E-state index contributed by atoms with van der Waals surface area (Å²) in [5.41, 5.74) is 0. The van der Waals surface area contributed by atoms with Gasteiger partial charge in [-0.25, -0.2) is 0 Å². The van der Waals surface area contributed by atoms with Crippen LogP contribution in [0.4, 0.5) is 0 Å². The van der Waals surface area contributed by atoms with Gasteiger partial charge in [0, 0.05) is 19.3 Å². The molecule has 0 aliphatic carbocycles. The van der Waals surface area contributed by atoms with E-state index < -0.39 is 0 Å². The van der Waals surface area contributed by atoms with Crippen molar-refractivity contribution in [3.63, 3.8) is 0 Å². The van der Waals surface area contributed by atoms with Gasteiger partial charge in [0.15, 0.2) is 0 Å². The van der Waals surface area contributed by atoms with Gasteiger partial charge in [-0.15, -0.1) is 0 Å². The molecule has 7 heavy (non-hydrogen) atoms. The summed E-state index contributed by atoms with van der Waals surface area (Å²) in [6, 6.07) is 0. The predicted molar refractivity (Wildman–Crippen MR) is 28.6 cm³/mol. The Labute approximate surface area is 42.6 Å². The smallest absolute Gasteiger partial charge is 0.0933 e. The van der Waals surface area contributed by atoms with Gasteiger partial charge in [-0.2, -0.15) is 0 Å². The van der Waals surface area contributed by atoms with Crippen LogP contribution in [0.3, 0.4) is 0 Å². The van der Waals surface area contributed by atoms with E-state index in [0.29, 0.717) is 0 Å². The third-order valence-electron chi connectivity index (χ3n) is 1.02. The van der Waals surface area contributed by atoms with Crippen molar-refractivity contribution in [1.82, 2.24) is 10.6 Å². The van der Waals surface area contributed by atoms with Crippen molar-refractivity contribution in [3.05, 3.63) is 0 Å². The van der Waals surface area contributed by atoms with Gasteiger partial charge in [-0.1, -0.05) is 0 Å². The molecule has 3 N–H and O–H groups in total. The molecule has 1 heterocycles. The van der Waals surface area contributed by atoms with Crippen LogP contribution in [0, 0.1) is 5.41 Å². The van der Waals surface area contributed by atoms with Crippen LogP contribution in [0.15, 0.2) is 0 Å². The summed E-state index contributed by atoms with van der Waals surface area (Å²) in [7, 11) is 0. The number of rotatable bonds is 1. The van der Waals surface area contributed by atoms with Gasteiger partial charge < -0.3 is 5.41 Å². The molecular formula is C4H9N3. The van der Waals surface area contributed by atoms with E-state index in [2.05, 4.69) is 10.6 Å². The van der Waals surface area contributed by atoms with E-state index in [1.165, 1.54) is 6.21 Å². The molecule has 1 aliphatic heterocycles. The summed E-state index contributed by atoms with van der Waals surface area (Å²) in [5, 5.41) is 12.9. The lowest BCUT2D eigenvalue weighted by Gasteiger charge is -1.98. The Morgan fingerprint density at radius 2 is 2.00 bits per heavy atom. The Hall–Kier alpha value is -0.410. The van der Waals surface area contributed by atoms with Gasteiger partial charge in [0.05, 0.1) is 6.17 Å². The fourth-order valence-corrected chi connectivity index (χ4v) is 0.645. The van der Waals surface area contributed by atoms with E-state index in [4.69, 9.17) is 5.41 Å². The zero-order chi connectivity index (χ0) is 5.11. The van der Waals surface area contributed by atoms with Crippen molar-refractivity contribution < 1.29 is 0 Å². The first kappa shape index (κ1) is 4.74. The van der Waals surface area contributed by atoms with E-state index in [0.717, 1.165) is 13.1 Å². The summed E-state index contributed by atoms with van der Waals surface area (Å²) in [5.74, 6) is 0. The third-order valence-corrected chi connectivity index (χ3v) is 1.02. The second-order valence-electron chi connectivity index (χ2n) is 1.55. The van der Waals surface area contributed by atoms with Crippen molar-refractivity contribution >= 4 is 6.21 Å². The SMILES string of the molecule is N=CC1NCCN1. The van der Waals surface area contributed by atoms with Gasteiger partial charge in [0.25, 0.3) is 0 Å². The van der Waals surface area contributed by atoms with Crippen LogP contribution in [0.1, 0.15) is 0 Å². The fraction of sp³-hybridized carbons (Fsp3) is 0.750. The highest BCUT2D eigenvalue weighted by Gasteiger charge is 2.07. The van der Waals surface area contributed by atoms with Crippen LogP contribution < -0.4 is 10.6 Å². The molecule has 0 saturated carbocycles. The molecule has 1 saturated heterocycles. The first-order valence-electron chi connectivity index (χ1n) is 2.41. The van der Waals surface area contributed by atoms with Gasteiger partial charge in [-0.3, -0.25) is 10.6 Å². The zero-order valence-electron chi connectivity index (χ0n) is 4.07. The average Bonchev–Trinajstić information content (AvgIpc) is 2.14.